The third-order valence-electron chi connectivity index (χ3n) is 6.41. The van der Waals surface area contributed by atoms with E-state index in [4.69, 9.17) is 4.74 Å². The molecule has 2 aliphatic rings. The first-order chi connectivity index (χ1) is 13.8. The Morgan fingerprint density at radius 3 is 2.55 bits per heavy atom. The zero-order valence-electron chi connectivity index (χ0n) is 17.9. The SMILES string of the molecule is COc1cc(C(=O)N2C[C@]3(C)C[C@H]2CC(C)(C)C3)ccc1/C=C/c1ccccc1. The first-order valence-electron chi connectivity index (χ1n) is 10.5. The number of fused-ring (bicyclic) bond motifs is 2. The molecule has 2 atom stereocenters. The second-order valence-electron chi connectivity index (χ2n) is 9.85. The number of carbonyl (C=O) groups is 1. The van der Waals surface area contributed by atoms with Crippen molar-refractivity contribution in [1.29, 1.82) is 0 Å². The molecule has 1 aliphatic carbocycles. The number of rotatable bonds is 4. The fourth-order valence-electron chi connectivity index (χ4n) is 5.60. The molecule has 2 aromatic rings. The van der Waals surface area contributed by atoms with E-state index in [1.165, 1.54) is 6.42 Å². The van der Waals surface area contributed by atoms with E-state index in [9.17, 15) is 4.79 Å². The van der Waals surface area contributed by atoms with Gasteiger partial charge in [-0.3, -0.25) is 4.79 Å². The number of ether oxygens (including phenoxy) is 1. The molecule has 0 spiro atoms. The average Bonchev–Trinajstić information content (AvgIpc) is 2.95. The van der Waals surface area contributed by atoms with Gasteiger partial charge in [-0.15, -0.1) is 0 Å². The molecule has 0 radical (unpaired) electrons. The van der Waals surface area contributed by atoms with E-state index >= 15 is 0 Å². The van der Waals surface area contributed by atoms with Gasteiger partial charge in [0.05, 0.1) is 7.11 Å². The Morgan fingerprint density at radius 1 is 1.07 bits per heavy atom. The molecule has 3 nitrogen and oxygen atoms in total. The van der Waals surface area contributed by atoms with Crippen molar-refractivity contribution >= 4 is 18.1 Å². The summed E-state index contributed by atoms with van der Waals surface area (Å²) in [5.41, 5.74) is 3.37. The second-order valence-corrected chi connectivity index (χ2v) is 9.85. The lowest BCUT2D eigenvalue weighted by molar-refractivity contribution is 0.0708. The van der Waals surface area contributed by atoms with Gasteiger partial charge in [0.25, 0.3) is 5.91 Å². The number of carbonyl (C=O) groups excluding carboxylic acids is 1. The number of benzene rings is 2. The van der Waals surface area contributed by atoms with Crippen LogP contribution in [0.4, 0.5) is 0 Å². The molecule has 0 aromatic heterocycles. The Hall–Kier alpha value is -2.55. The molecule has 1 amide bonds. The second kappa shape index (κ2) is 7.37. The van der Waals surface area contributed by atoms with E-state index in [1.54, 1.807) is 7.11 Å². The highest BCUT2D eigenvalue weighted by Gasteiger charge is 2.51. The van der Waals surface area contributed by atoms with E-state index in [1.807, 2.05) is 42.5 Å². The molecular weight excluding hydrogens is 358 g/mol. The van der Waals surface area contributed by atoms with Gasteiger partial charge in [-0.05, 0) is 47.8 Å². The molecule has 3 heteroatoms. The van der Waals surface area contributed by atoms with Crippen LogP contribution in [-0.4, -0.2) is 30.5 Å². The van der Waals surface area contributed by atoms with Crippen LogP contribution in [-0.2, 0) is 0 Å². The third kappa shape index (κ3) is 4.10. The molecule has 0 unspecified atom stereocenters. The lowest BCUT2D eigenvalue weighted by Crippen LogP contribution is -2.37. The third-order valence-corrected chi connectivity index (χ3v) is 6.41. The van der Waals surface area contributed by atoms with Crippen LogP contribution >= 0.6 is 0 Å². The van der Waals surface area contributed by atoms with Gasteiger partial charge in [-0.1, -0.05) is 69.3 Å². The molecule has 2 aromatic carbocycles. The maximum atomic E-state index is 13.4. The van der Waals surface area contributed by atoms with Crippen LogP contribution in [0, 0.1) is 10.8 Å². The predicted octanol–water partition coefficient (Wildman–Crippen LogP) is 5.91. The minimum Gasteiger partial charge on any atom is -0.496 e. The Bertz CT molecular complexity index is 931. The van der Waals surface area contributed by atoms with Crippen molar-refractivity contribution < 1.29 is 9.53 Å². The quantitative estimate of drug-likeness (QED) is 0.609. The number of nitrogens with zero attached hydrogens (tertiary/aromatic N) is 1. The van der Waals surface area contributed by atoms with Crippen molar-refractivity contribution in [2.45, 2.75) is 46.1 Å². The molecule has 1 saturated heterocycles. The molecule has 2 fully saturated rings. The summed E-state index contributed by atoms with van der Waals surface area (Å²) in [5, 5.41) is 0. The first-order valence-corrected chi connectivity index (χ1v) is 10.5. The van der Waals surface area contributed by atoms with Gasteiger partial charge < -0.3 is 9.64 Å². The number of likely N-dealkylation sites (tertiary alicyclic amines) is 1. The van der Waals surface area contributed by atoms with Crippen LogP contribution < -0.4 is 4.74 Å². The van der Waals surface area contributed by atoms with Crippen molar-refractivity contribution in [3.8, 4) is 5.75 Å². The van der Waals surface area contributed by atoms with Gasteiger partial charge >= 0.3 is 0 Å². The van der Waals surface area contributed by atoms with Crippen LogP contribution in [0.15, 0.2) is 48.5 Å². The number of hydrogen-bond acceptors (Lipinski definition) is 2. The maximum Gasteiger partial charge on any atom is 0.254 e. The van der Waals surface area contributed by atoms with Gasteiger partial charge in [0, 0.05) is 23.7 Å². The minimum absolute atomic E-state index is 0.133. The first kappa shape index (κ1) is 19.8. The molecule has 1 aliphatic heterocycles. The van der Waals surface area contributed by atoms with Gasteiger partial charge in [-0.25, -0.2) is 0 Å². The fraction of sp³-hybridized carbons (Fsp3) is 0.423. The lowest BCUT2D eigenvalue weighted by Gasteiger charge is -2.39. The highest BCUT2D eigenvalue weighted by Crippen LogP contribution is 2.52. The smallest absolute Gasteiger partial charge is 0.254 e. The number of methoxy groups -OCH3 is 1. The van der Waals surface area contributed by atoms with Crippen LogP contribution in [0.2, 0.25) is 0 Å². The summed E-state index contributed by atoms with van der Waals surface area (Å²) >= 11 is 0. The van der Waals surface area contributed by atoms with E-state index < -0.39 is 0 Å². The molecular formula is C26H31NO2. The molecule has 4 rings (SSSR count). The van der Waals surface area contributed by atoms with E-state index in [-0.39, 0.29) is 11.3 Å². The van der Waals surface area contributed by atoms with E-state index in [2.05, 4.69) is 43.9 Å². The van der Waals surface area contributed by atoms with Crippen molar-refractivity contribution in [1.82, 2.24) is 4.90 Å². The average molecular weight is 390 g/mol. The summed E-state index contributed by atoms with van der Waals surface area (Å²) in [6, 6.07) is 16.3. The van der Waals surface area contributed by atoms with Gasteiger partial charge in [0.1, 0.15) is 5.75 Å². The van der Waals surface area contributed by atoms with Crippen LogP contribution in [0.3, 0.4) is 0 Å². The number of amides is 1. The molecule has 0 N–H and O–H groups in total. The monoisotopic (exact) mass is 389 g/mol. The van der Waals surface area contributed by atoms with Gasteiger partial charge in [-0.2, -0.15) is 0 Å². The van der Waals surface area contributed by atoms with Crippen LogP contribution in [0.1, 0.15) is 61.5 Å². The normalized spacial score (nSPS) is 25.4. The van der Waals surface area contributed by atoms with Crippen molar-refractivity contribution in [2.24, 2.45) is 10.8 Å². The number of hydrogen-bond donors (Lipinski definition) is 0. The summed E-state index contributed by atoms with van der Waals surface area (Å²) in [7, 11) is 1.66. The highest BCUT2D eigenvalue weighted by atomic mass is 16.5. The van der Waals surface area contributed by atoms with Crippen LogP contribution in [0.25, 0.3) is 12.2 Å². The Morgan fingerprint density at radius 2 is 1.83 bits per heavy atom. The molecule has 1 saturated carbocycles. The topological polar surface area (TPSA) is 29.5 Å². The van der Waals surface area contributed by atoms with Crippen molar-refractivity contribution in [2.75, 3.05) is 13.7 Å². The van der Waals surface area contributed by atoms with Crippen LogP contribution in [0.5, 0.6) is 5.75 Å². The molecule has 2 bridgehead atoms. The minimum atomic E-state index is 0.133. The molecule has 29 heavy (non-hydrogen) atoms. The van der Waals surface area contributed by atoms with E-state index in [0.717, 1.165) is 36.3 Å². The maximum absolute atomic E-state index is 13.4. The highest BCUT2D eigenvalue weighted by molar-refractivity contribution is 5.95. The predicted molar refractivity (Wildman–Crippen MR) is 119 cm³/mol. The fourth-order valence-corrected chi connectivity index (χ4v) is 5.60. The Labute approximate surface area is 174 Å². The summed E-state index contributed by atoms with van der Waals surface area (Å²) in [4.78, 5) is 15.5. The molecule has 1 heterocycles. The van der Waals surface area contributed by atoms with Crippen molar-refractivity contribution in [3.05, 3.63) is 65.2 Å². The Kier molecular flexibility index (Phi) is 5.02. The largest absolute Gasteiger partial charge is 0.496 e. The Balaban J connectivity index is 1.56. The zero-order chi connectivity index (χ0) is 20.6. The lowest BCUT2D eigenvalue weighted by atomic mass is 9.65. The standard InChI is InChI=1S/C26H31NO2/c1-25(2)15-22-16-26(3,17-25)18-27(22)24(28)21-13-12-20(23(14-21)29-4)11-10-19-8-6-5-7-9-19/h5-14,22H,15-18H2,1-4H3/b11-10+/t22-,26-/m1/s1. The summed E-state index contributed by atoms with van der Waals surface area (Å²) in [6.07, 6.45) is 7.49. The van der Waals surface area contributed by atoms with Gasteiger partial charge in [0.15, 0.2) is 0 Å². The summed E-state index contributed by atoms with van der Waals surface area (Å²) < 4.78 is 5.60. The summed E-state index contributed by atoms with van der Waals surface area (Å²) in [6.45, 7) is 7.87. The summed E-state index contributed by atoms with van der Waals surface area (Å²) in [5.74, 6) is 0.866. The van der Waals surface area contributed by atoms with Crippen molar-refractivity contribution in [3.63, 3.8) is 0 Å². The van der Waals surface area contributed by atoms with Gasteiger partial charge in [0.2, 0.25) is 0 Å². The molecule has 152 valence electrons. The van der Waals surface area contributed by atoms with E-state index in [0.29, 0.717) is 17.0 Å². The zero-order valence-corrected chi connectivity index (χ0v) is 17.9.